The molecule has 0 N–H and O–H groups in total. The summed E-state index contributed by atoms with van der Waals surface area (Å²) in [7, 11) is 4.00. The van der Waals surface area contributed by atoms with Crippen molar-refractivity contribution in [3.05, 3.63) is 38.8 Å². The zero-order valence-electron chi connectivity index (χ0n) is 11.0. The summed E-state index contributed by atoms with van der Waals surface area (Å²) in [6, 6.07) is 4.28. The van der Waals surface area contributed by atoms with Crippen molar-refractivity contribution in [2.24, 2.45) is 7.05 Å². The van der Waals surface area contributed by atoms with Gasteiger partial charge in [-0.3, -0.25) is 4.68 Å². The van der Waals surface area contributed by atoms with E-state index < -0.39 is 0 Å². The van der Waals surface area contributed by atoms with Crippen LogP contribution in [0.25, 0.3) is 0 Å². The minimum Gasteiger partial charge on any atom is -0.302 e. The fraction of sp³-hybridized carbons (Fsp3) is 0.462. The number of likely N-dealkylation sites (N-methyl/N-ethyl adjacent to an activating group) is 1. The van der Waals surface area contributed by atoms with Crippen LogP contribution in [0.2, 0.25) is 5.15 Å². The van der Waals surface area contributed by atoms with Gasteiger partial charge in [0.1, 0.15) is 5.15 Å². The first-order valence-electron chi connectivity index (χ1n) is 5.97. The molecular weight excluding hydrogens is 266 g/mol. The van der Waals surface area contributed by atoms with Crippen LogP contribution in [0, 0.1) is 6.92 Å². The lowest BCUT2D eigenvalue weighted by molar-refractivity contribution is 0.331. The molecular formula is C13H18ClN3S. The van der Waals surface area contributed by atoms with E-state index in [-0.39, 0.29) is 0 Å². The minimum absolute atomic E-state index is 0.746. The molecule has 0 spiro atoms. The van der Waals surface area contributed by atoms with Gasteiger partial charge in [0.15, 0.2) is 0 Å². The molecule has 0 aliphatic rings. The molecule has 0 atom stereocenters. The maximum atomic E-state index is 6.23. The van der Waals surface area contributed by atoms with Crippen molar-refractivity contribution in [2.45, 2.75) is 19.9 Å². The topological polar surface area (TPSA) is 21.1 Å². The summed E-state index contributed by atoms with van der Waals surface area (Å²) in [5.74, 6) is 0. The third-order valence-electron chi connectivity index (χ3n) is 3.02. The molecule has 0 saturated heterocycles. The van der Waals surface area contributed by atoms with Gasteiger partial charge < -0.3 is 4.90 Å². The summed E-state index contributed by atoms with van der Waals surface area (Å²) in [5, 5.41) is 7.20. The molecule has 0 bridgehead atoms. The monoisotopic (exact) mass is 283 g/mol. The first-order chi connectivity index (χ1) is 8.58. The van der Waals surface area contributed by atoms with E-state index in [0.717, 1.165) is 35.9 Å². The van der Waals surface area contributed by atoms with Crippen molar-refractivity contribution in [2.75, 3.05) is 13.6 Å². The smallest absolute Gasteiger partial charge is 0.131 e. The van der Waals surface area contributed by atoms with Gasteiger partial charge in [-0.05, 0) is 31.8 Å². The lowest BCUT2D eigenvalue weighted by Gasteiger charge is -2.15. The van der Waals surface area contributed by atoms with Crippen molar-refractivity contribution >= 4 is 22.9 Å². The molecule has 5 heteroatoms. The third-order valence-corrected chi connectivity index (χ3v) is 4.43. The SMILES string of the molecule is Cc1nn(C)c(Cl)c1CN(C)CCc1cccs1. The summed E-state index contributed by atoms with van der Waals surface area (Å²) in [6.07, 6.45) is 1.09. The Morgan fingerprint density at radius 3 is 2.83 bits per heavy atom. The number of halogens is 1. The van der Waals surface area contributed by atoms with Gasteiger partial charge in [-0.2, -0.15) is 5.10 Å². The number of nitrogens with zero attached hydrogens (tertiary/aromatic N) is 3. The molecule has 0 aliphatic carbocycles. The van der Waals surface area contributed by atoms with Gasteiger partial charge in [0.05, 0.1) is 5.69 Å². The predicted octanol–water partition coefficient (Wildman–Crippen LogP) is 3.12. The second-order valence-corrected chi connectivity index (χ2v) is 5.94. The van der Waals surface area contributed by atoms with E-state index in [1.807, 2.05) is 25.3 Å². The van der Waals surface area contributed by atoms with Crippen molar-refractivity contribution in [1.82, 2.24) is 14.7 Å². The molecule has 0 aliphatic heterocycles. The fourth-order valence-electron chi connectivity index (χ4n) is 1.96. The molecule has 0 amide bonds. The van der Waals surface area contributed by atoms with Crippen molar-refractivity contribution < 1.29 is 0 Å². The van der Waals surface area contributed by atoms with Crippen LogP contribution in [0.4, 0.5) is 0 Å². The van der Waals surface area contributed by atoms with E-state index in [9.17, 15) is 0 Å². The quantitative estimate of drug-likeness (QED) is 0.841. The van der Waals surface area contributed by atoms with E-state index in [2.05, 4.69) is 34.6 Å². The maximum Gasteiger partial charge on any atom is 0.131 e. The normalized spacial score (nSPS) is 11.4. The maximum absolute atomic E-state index is 6.23. The van der Waals surface area contributed by atoms with Crippen LogP contribution in [-0.4, -0.2) is 28.3 Å². The van der Waals surface area contributed by atoms with E-state index in [1.54, 1.807) is 4.68 Å². The van der Waals surface area contributed by atoms with Gasteiger partial charge in [-0.1, -0.05) is 17.7 Å². The Balaban J connectivity index is 1.92. The van der Waals surface area contributed by atoms with E-state index in [1.165, 1.54) is 4.88 Å². The van der Waals surface area contributed by atoms with E-state index >= 15 is 0 Å². The molecule has 0 unspecified atom stereocenters. The number of rotatable bonds is 5. The third kappa shape index (κ3) is 3.13. The summed E-state index contributed by atoms with van der Waals surface area (Å²) in [4.78, 5) is 3.71. The molecule has 0 fully saturated rings. The average Bonchev–Trinajstić information content (AvgIpc) is 2.92. The van der Waals surface area contributed by atoms with Crippen LogP contribution < -0.4 is 0 Å². The Morgan fingerprint density at radius 2 is 2.28 bits per heavy atom. The summed E-state index contributed by atoms with van der Waals surface area (Å²) >= 11 is 8.05. The largest absolute Gasteiger partial charge is 0.302 e. The number of hydrogen-bond donors (Lipinski definition) is 0. The van der Waals surface area contributed by atoms with Gasteiger partial charge in [-0.25, -0.2) is 0 Å². The van der Waals surface area contributed by atoms with Crippen LogP contribution in [0.1, 0.15) is 16.1 Å². The fourth-order valence-corrected chi connectivity index (χ4v) is 2.89. The highest BCUT2D eigenvalue weighted by Gasteiger charge is 2.13. The molecule has 2 aromatic rings. The Bertz CT molecular complexity index is 505. The molecule has 2 aromatic heterocycles. The van der Waals surface area contributed by atoms with Crippen LogP contribution in [-0.2, 0) is 20.0 Å². The van der Waals surface area contributed by atoms with Crippen LogP contribution in [0.5, 0.6) is 0 Å². The minimum atomic E-state index is 0.746. The van der Waals surface area contributed by atoms with Crippen LogP contribution >= 0.6 is 22.9 Å². The molecule has 0 radical (unpaired) electrons. The highest BCUT2D eigenvalue weighted by atomic mass is 35.5. The number of aryl methyl sites for hydroxylation is 2. The highest BCUT2D eigenvalue weighted by Crippen LogP contribution is 2.20. The van der Waals surface area contributed by atoms with Gasteiger partial charge in [0.25, 0.3) is 0 Å². The van der Waals surface area contributed by atoms with Crippen LogP contribution in [0.15, 0.2) is 17.5 Å². The van der Waals surface area contributed by atoms with Crippen molar-refractivity contribution in [3.8, 4) is 0 Å². The zero-order chi connectivity index (χ0) is 13.1. The predicted molar refractivity (Wildman–Crippen MR) is 77.3 cm³/mol. The number of thiophene rings is 1. The molecule has 0 saturated carbocycles. The summed E-state index contributed by atoms with van der Waals surface area (Å²) in [5.41, 5.74) is 2.15. The van der Waals surface area contributed by atoms with Crippen molar-refractivity contribution in [3.63, 3.8) is 0 Å². The van der Waals surface area contributed by atoms with Gasteiger partial charge in [-0.15, -0.1) is 11.3 Å². The number of hydrogen-bond acceptors (Lipinski definition) is 3. The van der Waals surface area contributed by atoms with Gasteiger partial charge >= 0.3 is 0 Å². The second-order valence-electron chi connectivity index (χ2n) is 4.55. The standard InChI is InChI=1S/C13H18ClN3S/c1-10-12(13(14)17(3)15-10)9-16(2)7-6-11-5-4-8-18-11/h4-5,8H,6-7,9H2,1-3H3. The molecule has 98 valence electrons. The van der Waals surface area contributed by atoms with Gasteiger partial charge in [0, 0.05) is 30.6 Å². The molecule has 0 aromatic carbocycles. The Kier molecular flexibility index (Phi) is 4.43. The van der Waals surface area contributed by atoms with Crippen molar-refractivity contribution in [1.29, 1.82) is 0 Å². The Hall–Kier alpha value is -0.840. The zero-order valence-corrected chi connectivity index (χ0v) is 12.6. The lowest BCUT2D eigenvalue weighted by atomic mass is 10.2. The average molecular weight is 284 g/mol. The van der Waals surface area contributed by atoms with E-state index in [4.69, 9.17) is 11.6 Å². The van der Waals surface area contributed by atoms with Gasteiger partial charge in [0.2, 0.25) is 0 Å². The highest BCUT2D eigenvalue weighted by molar-refractivity contribution is 7.09. The number of aromatic nitrogens is 2. The Morgan fingerprint density at radius 1 is 1.50 bits per heavy atom. The first-order valence-corrected chi connectivity index (χ1v) is 7.22. The molecule has 3 nitrogen and oxygen atoms in total. The lowest BCUT2D eigenvalue weighted by Crippen LogP contribution is -2.20. The summed E-state index contributed by atoms with van der Waals surface area (Å²) in [6.45, 7) is 3.89. The molecule has 18 heavy (non-hydrogen) atoms. The summed E-state index contributed by atoms with van der Waals surface area (Å²) < 4.78 is 1.74. The molecule has 2 rings (SSSR count). The second kappa shape index (κ2) is 5.87. The molecule has 2 heterocycles. The van der Waals surface area contributed by atoms with E-state index in [0.29, 0.717) is 0 Å². The van der Waals surface area contributed by atoms with Crippen LogP contribution in [0.3, 0.4) is 0 Å². The Labute approximate surface area is 117 Å². The first kappa shape index (κ1) is 13.6.